The molecule has 0 bridgehead atoms. The van der Waals surface area contributed by atoms with Gasteiger partial charge in [0, 0.05) is 16.9 Å². The number of methoxy groups -OCH3 is 2. The Hall–Kier alpha value is -2.87. The maximum atomic E-state index is 12.2. The van der Waals surface area contributed by atoms with Gasteiger partial charge in [0.15, 0.2) is 11.5 Å². The summed E-state index contributed by atoms with van der Waals surface area (Å²) in [6.45, 7) is 0.411. The summed E-state index contributed by atoms with van der Waals surface area (Å²) < 4.78 is 28.3. The van der Waals surface area contributed by atoms with Crippen LogP contribution in [0.1, 0.15) is 35.2 Å². The summed E-state index contributed by atoms with van der Waals surface area (Å²) in [6.07, 6.45) is 3.84. The molecule has 8 heteroatoms. The first-order valence-corrected chi connectivity index (χ1v) is 11.8. The number of hydrogen-bond donors (Lipinski definition) is 0. The summed E-state index contributed by atoms with van der Waals surface area (Å²) in [4.78, 5) is 24.2. The van der Waals surface area contributed by atoms with E-state index in [-0.39, 0.29) is 25.2 Å². The average Bonchev–Trinajstić information content (AvgIpc) is 3.47. The molecular weight excluding hydrogens is 432 g/mol. The molecule has 2 aromatic carbocycles. The number of benzene rings is 2. The highest BCUT2D eigenvalue weighted by molar-refractivity contribution is 7.98. The molecule has 2 aromatic rings. The molecule has 7 nitrogen and oxygen atoms in total. The summed E-state index contributed by atoms with van der Waals surface area (Å²) in [5.74, 6) is 1.62. The van der Waals surface area contributed by atoms with Gasteiger partial charge < -0.3 is 23.7 Å². The summed E-state index contributed by atoms with van der Waals surface area (Å²) in [7, 11) is 3.11. The topological polar surface area (TPSA) is 80.3 Å². The van der Waals surface area contributed by atoms with Gasteiger partial charge >= 0.3 is 11.9 Å². The predicted molar refractivity (Wildman–Crippen MR) is 121 cm³/mol. The zero-order valence-electron chi connectivity index (χ0n) is 18.4. The molecule has 0 saturated heterocycles. The molecule has 32 heavy (non-hydrogen) atoms. The Balaban J connectivity index is 1.66. The van der Waals surface area contributed by atoms with Gasteiger partial charge in [-0.15, -0.1) is 0 Å². The fourth-order valence-electron chi connectivity index (χ4n) is 3.75. The third-order valence-electron chi connectivity index (χ3n) is 5.66. The Bertz CT molecular complexity index is 1030. The van der Waals surface area contributed by atoms with Crippen LogP contribution < -0.4 is 14.2 Å². The van der Waals surface area contributed by atoms with Crippen molar-refractivity contribution < 1.29 is 33.3 Å². The van der Waals surface area contributed by atoms with Gasteiger partial charge in [0.2, 0.25) is 5.75 Å². The van der Waals surface area contributed by atoms with E-state index in [1.807, 2.05) is 24.5 Å². The van der Waals surface area contributed by atoms with Crippen molar-refractivity contribution in [3.8, 4) is 28.4 Å². The minimum absolute atomic E-state index is 0.203. The Labute approximate surface area is 191 Å². The van der Waals surface area contributed by atoms with Crippen LogP contribution in [0.4, 0.5) is 0 Å². The molecule has 2 aliphatic rings. The van der Waals surface area contributed by atoms with E-state index in [4.69, 9.17) is 23.7 Å². The third kappa shape index (κ3) is 4.37. The van der Waals surface area contributed by atoms with Crippen molar-refractivity contribution in [3.63, 3.8) is 0 Å². The van der Waals surface area contributed by atoms with Crippen molar-refractivity contribution in [2.24, 2.45) is 0 Å². The van der Waals surface area contributed by atoms with Crippen LogP contribution in [0.5, 0.6) is 17.2 Å². The summed E-state index contributed by atoms with van der Waals surface area (Å²) in [5, 5.41) is 0. The number of hydrogen-bond acceptors (Lipinski definition) is 8. The monoisotopic (exact) mass is 458 g/mol. The summed E-state index contributed by atoms with van der Waals surface area (Å²) >= 11 is 1.61. The Morgan fingerprint density at radius 1 is 1.06 bits per heavy atom. The standard InChI is InChI=1S/C24H26O7S/c1-27-19-8-7-16(15-5-4-6-17-18(15)13-29-23(17)26)21(22(19)28-2)30-14-24(10-11-24)31-20(25)9-12-32-3/h4-8H,9-14H2,1-3H3. The smallest absolute Gasteiger partial charge is 0.338 e. The third-order valence-corrected chi connectivity index (χ3v) is 6.27. The Morgan fingerprint density at radius 3 is 2.53 bits per heavy atom. The molecule has 0 aromatic heterocycles. The Kier molecular flexibility index (Phi) is 6.50. The number of rotatable bonds is 10. The minimum Gasteiger partial charge on any atom is -0.493 e. The highest BCUT2D eigenvalue weighted by atomic mass is 32.2. The van der Waals surface area contributed by atoms with Crippen LogP contribution in [-0.2, 0) is 20.9 Å². The lowest BCUT2D eigenvalue weighted by Crippen LogP contribution is -2.27. The molecule has 1 saturated carbocycles. The number of fused-ring (bicyclic) bond motifs is 1. The highest BCUT2D eigenvalue weighted by Crippen LogP contribution is 2.48. The fourth-order valence-corrected chi connectivity index (χ4v) is 4.12. The number of esters is 2. The fraction of sp³-hybridized carbons (Fsp3) is 0.417. The van der Waals surface area contributed by atoms with Gasteiger partial charge in [-0.1, -0.05) is 12.1 Å². The van der Waals surface area contributed by atoms with Crippen LogP contribution in [0.15, 0.2) is 30.3 Å². The molecule has 4 rings (SSSR count). The van der Waals surface area contributed by atoms with Gasteiger partial charge in [-0.25, -0.2) is 4.79 Å². The number of cyclic esters (lactones) is 1. The van der Waals surface area contributed by atoms with Crippen LogP contribution in [0, 0.1) is 0 Å². The first-order chi connectivity index (χ1) is 15.5. The van der Waals surface area contributed by atoms with E-state index in [1.54, 1.807) is 38.1 Å². The van der Waals surface area contributed by atoms with Crippen LogP contribution >= 0.6 is 11.8 Å². The molecular formula is C24H26O7S. The van der Waals surface area contributed by atoms with Gasteiger partial charge in [-0.05, 0) is 42.9 Å². The van der Waals surface area contributed by atoms with E-state index in [2.05, 4.69) is 0 Å². The molecule has 1 aliphatic heterocycles. The molecule has 0 radical (unpaired) electrons. The van der Waals surface area contributed by atoms with Gasteiger partial charge in [0.05, 0.1) is 26.2 Å². The van der Waals surface area contributed by atoms with E-state index in [1.165, 1.54) is 0 Å². The second-order valence-electron chi connectivity index (χ2n) is 7.77. The number of carbonyl (C=O) groups is 2. The molecule has 1 aliphatic carbocycles. The molecule has 170 valence electrons. The van der Waals surface area contributed by atoms with Crippen molar-refractivity contribution in [3.05, 3.63) is 41.5 Å². The first kappa shape index (κ1) is 22.3. The molecule has 0 N–H and O–H groups in total. The van der Waals surface area contributed by atoms with E-state index >= 15 is 0 Å². The van der Waals surface area contributed by atoms with Gasteiger partial charge in [0.1, 0.15) is 18.8 Å². The van der Waals surface area contributed by atoms with Crippen LogP contribution in [0.25, 0.3) is 11.1 Å². The Morgan fingerprint density at radius 2 is 1.84 bits per heavy atom. The molecule has 1 fully saturated rings. The first-order valence-electron chi connectivity index (χ1n) is 10.4. The summed E-state index contributed by atoms with van der Waals surface area (Å²) in [6, 6.07) is 9.16. The molecule has 0 amide bonds. The predicted octanol–water partition coefficient (Wildman–Crippen LogP) is 4.25. The second-order valence-corrected chi connectivity index (χ2v) is 8.76. The van der Waals surface area contributed by atoms with Crippen LogP contribution in [-0.4, -0.2) is 50.4 Å². The quantitative estimate of drug-likeness (QED) is 0.489. The maximum absolute atomic E-state index is 12.2. The van der Waals surface area contributed by atoms with Crippen molar-refractivity contribution in [1.29, 1.82) is 0 Å². The van der Waals surface area contributed by atoms with Crippen molar-refractivity contribution in [2.75, 3.05) is 32.8 Å². The van der Waals surface area contributed by atoms with Crippen molar-refractivity contribution in [2.45, 2.75) is 31.5 Å². The second kappa shape index (κ2) is 9.32. The molecule has 0 spiro atoms. The molecule has 0 atom stereocenters. The average molecular weight is 459 g/mol. The highest BCUT2D eigenvalue weighted by Gasteiger charge is 2.48. The van der Waals surface area contributed by atoms with E-state index in [0.29, 0.717) is 29.2 Å². The maximum Gasteiger partial charge on any atom is 0.338 e. The van der Waals surface area contributed by atoms with Gasteiger partial charge in [-0.2, -0.15) is 11.8 Å². The number of carbonyl (C=O) groups excluding carboxylic acids is 2. The summed E-state index contributed by atoms with van der Waals surface area (Å²) in [5.41, 5.74) is 2.32. The largest absolute Gasteiger partial charge is 0.493 e. The van der Waals surface area contributed by atoms with E-state index < -0.39 is 5.60 Å². The molecule has 0 unspecified atom stereocenters. The minimum atomic E-state index is -0.613. The number of ether oxygens (including phenoxy) is 5. The lowest BCUT2D eigenvalue weighted by atomic mass is 9.95. The van der Waals surface area contributed by atoms with Crippen molar-refractivity contribution >= 4 is 23.7 Å². The molecule has 1 heterocycles. The lowest BCUT2D eigenvalue weighted by Gasteiger charge is -2.22. The normalized spacial score (nSPS) is 15.5. The van der Waals surface area contributed by atoms with Crippen LogP contribution in [0.2, 0.25) is 0 Å². The lowest BCUT2D eigenvalue weighted by molar-refractivity contribution is -0.152. The van der Waals surface area contributed by atoms with E-state index in [0.717, 1.165) is 35.3 Å². The van der Waals surface area contributed by atoms with Gasteiger partial charge in [-0.3, -0.25) is 4.79 Å². The number of thioether (sulfide) groups is 1. The zero-order chi connectivity index (χ0) is 22.7. The van der Waals surface area contributed by atoms with Gasteiger partial charge in [0.25, 0.3) is 0 Å². The SMILES string of the molecule is COc1ccc(-c2cccc3c2COC3=O)c(OCC2(OC(=O)CCSC)CC2)c1OC. The van der Waals surface area contributed by atoms with Crippen molar-refractivity contribution in [1.82, 2.24) is 0 Å². The van der Waals surface area contributed by atoms with Crippen LogP contribution in [0.3, 0.4) is 0 Å². The zero-order valence-corrected chi connectivity index (χ0v) is 19.2. The van der Waals surface area contributed by atoms with E-state index in [9.17, 15) is 9.59 Å².